The topological polar surface area (TPSA) is 69.6 Å². The van der Waals surface area contributed by atoms with E-state index in [9.17, 15) is 9.46 Å². The minimum Gasteiger partial charge on any atom is -0.756 e. The Balaban J connectivity index is 2.45. The third-order valence-electron chi connectivity index (χ3n) is 3.66. The standard InChI is InChI=1S/C13H28NO4P/c1-14(2,3)11-13(18-19(15,16)17)10-9-12-7-5-4-6-8-12/h12-13H,4-11H2,1-3H3,(H-,15,16,17). The van der Waals surface area contributed by atoms with Crippen LogP contribution in [0.4, 0.5) is 0 Å². The van der Waals surface area contributed by atoms with Gasteiger partial charge in [0.2, 0.25) is 0 Å². The van der Waals surface area contributed by atoms with Gasteiger partial charge in [0.1, 0.15) is 12.6 Å². The van der Waals surface area contributed by atoms with Crippen LogP contribution >= 0.6 is 7.82 Å². The fourth-order valence-corrected chi connectivity index (χ4v) is 3.42. The largest absolute Gasteiger partial charge is 0.756 e. The summed E-state index contributed by atoms with van der Waals surface area (Å²) >= 11 is 0. The second-order valence-electron chi connectivity index (χ2n) is 6.75. The molecule has 0 radical (unpaired) electrons. The molecule has 6 heteroatoms. The Morgan fingerprint density at radius 3 is 2.37 bits per heavy atom. The molecule has 2 atom stereocenters. The number of phosphoric ester groups is 1. The van der Waals surface area contributed by atoms with E-state index >= 15 is 0 Å². The van der Waals surface area contributed by atoms with E-state index in [1.807, 2.05) is 21.1 Å². The quantitative estimate of drug-likeness (QED) is 0.575. The number of nitrogens with zero attached hydrogens (tertiary/aromatic N) is 1. The highest BCUT2D eigenvalue weighted by Crippen LogP contribution is 2.35. The van der Waals surface area contributed by atoms with E-state index in [1.165, 1.54) is 32.1 Å². The van der Waals surface area contributed by atoms with Crippen LogP contribution in [0.5, 0.6) is 0 Å². The van der Waals surface area contributed by atoms with Gasteiger partial charge < -0.3 is 18.8 Å². The van der Waals surface area contributed by atoms with Gasteiger partial charge in [0.15, 0.2) is 0 Å². The van der Waals surface area contributed by atoms with Crippen molar-refractivity contribution >= 4 is 7.82 Å². The zero-order valence-corrected chi connectivity index (χ0v) is 13.3. The molecule has 114 valence electrons. The molecule has 5 nitrogen and oxygen atoms in total. The smallest absolute Gasteiger partial charge is 0.265 e. The van der Waals surface area contributed by atoms with Crippen molar-refractivity contribution in [1.29, 1.82) is 0 Å². The van der Waals surface area contributed by atoms with Crippen LogP contribution in [-0.4, -0.2) is 43.2 Å². The maximum absolute atomic E-state index is 10.9. The molecule has 1 rings (SSSR count). The number of rotatable bonds is 7. The van der Waals surface area contributed by atoms with Gasteiger partial charge >= 0.3 is 0 Å². The maximum Gasteiger partial charge on any atom is 0.265 e. The van der Waals surface area contributed by atoms with Crippen molar-refractivity contribution in [2.24, 2.45) is 5.92 Å². The predicted molar refractivity (Wildman–Crippen MR) is 73.4 cm³/mol. The van der Waals surface area contributed by atoms with Crippen LogP contribution in [0.2, 0.25) is 0 Å². The van der Waals surface area contributed by atoms with Crippen LogP contribution in [0.25, 0.3) is 0 Å². The van der Waals surface area contributed by atoms with Crippen molar-refractivity contribution in [2.75, 3.05) is 27.7 Å². The number of phosphoric acid groups is 1. The summed E-state index contributed by atoms with van der Waals surface area (Å²) in [5.41, 5.74) is 0. The Kier molecular flexibility index (Phi) is 6.48. The van der Waals surface area contributed by atoms with Crippen molar-refractivity contribution in [3.05, 3.63) is 0 Å². The minimum atomic E-state index is -4.64. The van der Waals surface area contributed by atoms with Gasteiger partial charge in [-0.15, -0.1) is 0 Å². The normalized spacial score (nSPS) is 23.0. The minimum absolute atomic E-state index is 0.421. The van der Waals surface area contributed by atoms with E-state index in [4.69, 9.17) is 9.42 Å². The van der Waals surface area contributed by atoms with Crippen LogP contribution < -0.4 is 4.89 Å². The number of quaternary nitrogens is 1. The molecule has 0 aliphatic heterocycles. The molecule has 0 aromatic heterocycles. The fraction of sp³-hybridized carbons (Fsp3) is 1.00. The summed E-state index contributed by atoms with van der Waals surface area (Å²) in [4.78, 5) is 19.8. The third kappa shape index (κ3) is 8.77. The summed E-state index contributed by atoms with van der Waals surface area (Å²) in [7, 11) is 1.33. The summed E-state index contributed by atoms with van der Waals surface area (Å²) in [6.45, 7) is 0.583. The molecule has 1 aliphatic carbocycles. The molecular weight excluding hydrogens is 265 g/mol. The molecule has 0 heterocycles. The Hall–Kier alpha value is 0.0700. The summed E-state index contributed by atoms with van der Waals surface area (Å²) < 4.78 is 16.4. The number of hydrogen-bond acceptors (Lipinski definition) is 3. The van der Waals surface area contributed by atoms with E-state index < -0.39 is 13.9 Å². The van der Waals surface area contributed by atoms with Gasteiger partial charge in [-0.25, -0.2) is 0 Å². The first-order chi connectivity index (χ1) is 8.66. The van der Waals surface area contributed by atoms with Gasteiger partial charge in [0, 0.05) is 0 Å². The van der Waals surface area contributed by atoms with Gasteiger partial charge in [-0.3, -0.25) is 4.57 Å². The molecule has 1 aliphatic rings. The second kappa shape index (κ2) is 7.19. The Morgan fingerprint density at radius 2 is 1.89 bits per heavy atom. The van der Waals surface area contributed by atoms with Crippen molar-refractivity contribution in [1.82, 2.24) is 0 Å². The van der Waals surface area contributed by atoms with Gasteiger partial charge in [-0.05, 0) is 18.8 Å². The molecule has 0 aromatic carbocycles. The molecule has 0 spiro atoms. The lowest BCUT2D eigenvalue weighted by molar-refractivity contribution is -0.873. The zero-order valence-electron chi connectivity index (χ0n) is 12.4. The highest BCUT2D eigenvalue weighted by Gasteiger charge is 2.24. The molecule has 19 heavy (non-hydrogen) atoms. The van der Waals surface area contributed by atoms with E-state index in [1.54, 1.807) is 0 Å². The summed E-state index contributed by atoms with van der Waals surface area (Å²) in [6.07, 6.45) is 7.64. The zero-order chi connectivity index (χ0) is 14.5. The van der Waals surface area contributed by atoms with Gasteiger partial charge in [0.05, 0.1) is 21.1 Å². The fourth-order valence-electron chi connectivity index (χ4n) is 2.87. The second-order valence-corrected chi connectivity index (χ2v) is 7.90. The average molecular weight is 293 g/mol. The van der Waals surface area contributed by atoms with E-state index in [-0.39, 0.29) is 0 Å². The first-order valence-electron chi connectivity index (χ1n) is 7.18. The highest BCUT2D eigenvalue weighted by atomic mass is 31.2. The molecule has 1 fully saturated rings. The monoisotopic (exact) mass is 293 g/mol. The van der Waals surface area contributed by atoms with Gasteiger partial charge in [-0.2, -0.15) is 0 Å². The van der Waals surface area contributed by atoms with Crippen LogP contribution in [0, 0.1) is 5.92 Å². The molecule has 0 amide bonds. The maximum atomic E-state index is 10.9. The summed E-state index contributed by atoms with van der Waals surface area (Å²) in [5, 5.41) is 0. The molecular formula is C13H28NO4P. The average Bonchev–Trinajstić information content (AvgIpc) is 2.23. The van der Waals surface area contributed by atoms with Crippen LogP contribution in [0.1, 0.15) is 44.9 Å². The van der Waals surface area contributed by atoms with Crippen LogP contribution in [0.3, 0.4) is 0 Å². The summed E-state index contributed by atoms with van der Waals surface area (Å²) in [6, 6.07) is 0. The molecule has 1 N–H and O–H groups in total. The Labute approximate surface area is 116 Å². The lowest BCUT2D eigenvalue weighted by Crippen LogP contribution is -2.42. The van der Waals surface area contributed by atoms with Gasteiger partial charge in [0.25, 0.3) is 7.82 Å². The van der Waals surface area contributed by atoms with Gasteiger partial charge in [-0.1, -0.05) is 32.1 Å². The lowest BCUT2D eigenvalue weighted by atomic mass is 9.85. The van der Waals surface area contributed by atoms with Crippen molar-refractivity contribution in [3.8, 4) is 0 Å². The number of hydrogen-bond donors (Lipinski definition) is 1. The molecule has 2 unspecified atom stereocenters. The summed E-state index contributed by atoms with van der Waals surface area (Å²) in [5.74, 6) is 0.692. The Bertz CT molecular complexity index is 304. The van der Waals surface area contributed by atoms with E-state index in [0.29, 0.717) is 23.4 Å². The first kappa shape index (κ1) is 17.1. The number of likely N-dealkylation sites (N-methyl/N-ethyl adjacent to an activating group) is 1. The molecule has 1 saturated carbocycles. The van der Waals surface area contributed by atoms with Crippen LogP contribution in [0.15, 0.2) is 0 Å². The van der Waals surface area contributed by atoms with Crippen LogP contribution in [-0.2, 0) is 9.09 Å². The van der Waals surface area contributed by atoms with Crippen molar-refractivity contribution in [3.63, 3.8) is 0 Å². The van der Waals surface area contributed by atoms with E-state index in [0.717, 1.165) is 6.42 Å². The molecule has 0 aromatic rings. The van der Waals surface area contributed by atoms with E-state index in [2.05, 4.69) is 0 Å². The predicted octanol–water partition coefficient (Wildman–Crippen LogP) is 1.90. The lowest BCUT2D eigenvalue weighted by Gasteiger charge is -2.32. The SMILES string of the molecule is C[N+](C)(C)CC(CCC1CCCCC1)OP(=O)([O-])O. The highest BCUT2D eigenvalue weighted by molar-refractivity contribution is 7.44. The molecule has 0 bridgehead atoms. The third-order valence-corrected chi connectivity index (χ3v) is 4.22. The van der Waals surface area contributed by atoms with Crippen molar-refractivity contribution in [2.45, 2.75) is 51.0 Å². The molecule has 0 saturated heterocycles. The van der Waals surface area contributed by atoms with Crippen molar-refractivity contribution < 1.29 is 23.4 Å². The first-order valence-corrected chi connectivity index (χ1v) is 8.68. The Morgan fingerprint density at radius 1 is 1.32 bits per heavy atom.